The van der Waals surface area contributed by atoms with Gasteiger partial charge in [0, 0.05) is 38.4 Å². The number of aliphatic carboxylic acids is 1. The summed E-state index contributed by atoms with van der Waals surface area (Å²) in [7, 11) is 6.91. The molecule has 0 aliphatic heterocycles. The normalized spacial score (nSPS) is 13.2. The third-order valence-electron chi connectivity index (χ3n) is 3.91. The zero-order valence-corrected chi connectivity index (χ0v) is 15.1. The third kappa shape index (κ3) is 5.25. The number of hydrogen-bond acceptors (Lipinski definition) is 5. The minimum absolute atomic E-state index is 0. The van der Waals surface area contributed by atoms with Crippen molar-refractivity contribution in [3.8, 4) is 5.75 Å². The first-order valence-corrected chi connectivity index (χ1v) is 7.26. The van der Waals surface area contributed by atoms with Gasteiger partial charge in [0.2, 0.25) is 11.4 Å². The number of nitrogens with zero attached hydrogens (tertiary/aromatic N) is 2. The second-order valence-corrected chi connectivity index (χ2v) is 5.78. The fraction of sp³-hybridized carbons (Fsp3) is 0.500. The molecule has 24 heavy (non-hydrogen) atoms. The molecule has 0 fully saturated rings. The summed E-state index contributed by atoms with van der Waals surface area (Å²) in [5.74, 6) is -1.46. The van der Waals surface area contributed by atoms with Crippen LogP contribution in [-0.2, 0) is 16.0 Å². The van der Waals surface area contributed by atoms with Crippen LogP contribution in [0.25, 0.3) is 0 Å². The van der Waals surface area contributed by atoms with Crippen molar-refractivity contribution in [3.63, 3.8) is 0 Å². The molecule has 0 unspecified atom stereocenters. The Morgan fingerprint density at radius 1 is 1.17 bits per heavy atom. The fourth-order valence-electron chi connectivity index (χ4n) is 2.33. The zero-order chi connectivity index (χ0) is 17.6. The van der Waals surface area contributed by atoms with Crippen molar-refractivity contribution in [3.05, 3.63) is 29.8 Å². The number of carboxylic acids is 1. The van der Waals surface area contributed by atoms with Crippen molar-refractivity contribution in [1.82, 2.24) is 9.80 Å². The number of ether oxygens (including phenoxy) is 1. The van der Waals surface area contributed by atoms with Gasteiger partial charge in [-0.2, -0.15) is 0 Å². The van der Waals surface area contributed by atoms with Crippen molar-refractivity contribution in [2.24, 2.45) is 5.73 Å². The van der Waals surface area contributed by atoms with Gasteiger partial charge in [0.25, 0.3) is 0 Å². The van der Waals surface area contributed by atoms with Gasteiger partial charge in [0.15, 0.2) is 0 Å². The van der Waals surface area contributed by atoms with E-state index in [4.69, 9.17) is 10.5 Å². The van der Waals surface area contributed by atoms with Crippen molar-refractivity contribution in [1.29, 1.82) is 0 Å². The Hall–Kier alpha value is -1.52. The summed E-state index contributed by atoms with van der Waals surface area (Å²) in [5.41, 5.74) is 4.39. The van der Waals surface area contributed by atoms with E-state index >= 15 is 0 Å². The summed E-state index contributed by atoms with van der Waals surface area (Å²) in [5, 5.41) is 9.71. The Labute approximate surface area is 154 Å². The SMILES string of the molecule is COc1ccc(C[C@@](C(N)=O)(C(=O)O)N(C)CCN(C)C)cc1.[Li]. The number of carbonyl (C=O) groups is 2. The molecule has 1 atom stereocenters. The Bertz CT molecular complexity index is 535. The molecule has 0 bridgehead atoms. The van der Waals surface area contributed by atoms with E-state index in [9.17, 15) is 14.7 Å². The van der Waals surface area contributed by atoms with Gasteiger partial charge in [-0.1, -0.05) is 12.1 Å². The van der Waals surface area contributed by atoms with Gasteiger partial charge in [0.05, 0.1) is 7.11 Å². The summed E-state index contributed by atoms with van der Waals surface area (Å²) in [6.07, 6.45) is -0.00834. The molecular weight excluding hydrogens is 305 g/mol. The van der Waals surface area contributed by atoms with E-state index < -0.39 is 17.4 Å². The van der Waals surface area contributed by atoms with E-state index in [1.165, 1.54) is 4.90 Å². The van der Waals surface area contributed by atoms with E-state index in [-0.39, 0.29) is 25.3 Å². The quantitative estimate of drug-likeness (QED) is 0.475. The zero-order valence-electron chi connectivity index (χ0n) is 15.1. The number of nitrogens with two attached hydrogens (primary N) is 1. The maximum absolute atomic E-state index is 12.0. The number of hydrogen-bond donors (Lipinski definition) is 2. The molecule has 0 saturated carbocycles. The average Bonchev–Trinajstić information content (AvgIpc) is 2.50. The largest absolute Gasteiger partial charge is 0.497 e. The monoisotopic (exact) mass is 330 g/mol. The molecule has 1 amide bonds. The second kappa shape index (κ2) is 9.70. The molecular formula is C16H25LiN3O4. The summed E-state index contributed by atoms with van der Waals surface area (Å²) < 4.78 is 5.08. The van der Waals surface area contributed by atoms with Crippen LogP contribution < -0.4 is 10.5 Å². The van der Waals surface area contributed by atoms with Crippen LogP contribution in [0.2, 0.25) is 0 Å². The Morgan fingerprint density at radius 3 is 2.08 bits per heavy atom. The Kier molecular flexibility index (Phi) is 9.08. The number of carboxylic acid groups (broad SMARTS) is 1. The van der Waals surface area contributed by atoms with E-state index in [0.29, 0.717) is 24.4 Å². The predicted octanol–water partition coefficient (Wildman–Crippen LogP) is -0.341. The molecule has 7 nitrogen and oxygen atoms in total. The molecule has 3 N–H and O–H groups in total. The van der Waals surface area contributed by atoms with E-state index in [1.807, 2.05) is 19.0 Å². The molecule has 0 aliphatic rings. The van der Waals surface area contributed by atoms with Crippen LogP contribution in [0.4, 0.5) is 0 Å². The van der Waals surface area contributed by atoms with Gasteiger partial charge in [0.1, 0.15) is 5.75 Å². The molecule has 0 spiro atoms. The van der Waals surface area contributed by atoms with Crippen LogP contribution >= 0.6 is 0 Å². The van der Waals surface area contributed by atoms with Gasteiger partial charge in [-0.05, 0) is 38.8 Å². The van der Waals surface area contributed by atoms with Crippen LogP contribution in [0, 0.1) is 0 Å². The topological polar surface area (TPSA) is 96.1 Å². The number of carbonyl (C=O) groups excluding carboxylic acids is 1. The van der Waals surface area contributed by atoms with Gasteiger partial charge >= 0.3 is 5.97 Å². The second-order valence-electron chi connectivity index (χ2n) is 5.78. The molecule has 0 aromatic heterocycles. The van der Waals surface area contributed by atoms with Crippen LogP contribution in [-0.4, -0.2) is 92.5 Å². The van der Waals surface area contributed by atoms with E-state index in [2.05, 4.69) is 0 Å². The smallest absolute Gasteiger partial charge is 0.334 e. The molecule has 1 radical (unpaired) electrons. The first-order chi connectivity index (χ1) is 10.7. The minimum atomic E-state index is -1.79. The van der Waals surface area contributed by atoms with Gasteiger partial charge in [-0.3, -0.25) is 9.69 Å². The molecule has 0 aliphatic carbocycles. The number of likely N-dealkylation sites (N-methyl/N-ethyl adjacent to an activating group) is 2. The maximum Gasteiger partial charge on any atom is 0.334 e. The van der Waals surface area contributed by atoms with E-state index in [0.717, 1.165) is 0 Å². The number of benzene rings is 1. The first kappa shape index (κ1) is 22.5. The molecule has 1 rings (SSSR count). The summed E-state index contributed by atoms with van der Waals surface area (Å²) in [6, 6.07) is 6.92. The summed E-state index contributed by atoms with van der Waals surface area (Å²) >= 11 is 0. The van der Waals surface area contributed by atoms with Crippen molar-refractivity contribution in [2.75, 3.05) is 41.3 Å². The minimum Gasteiger partial charge on any atom is -0.497 e. The van der Waals surface area contributed by atoms with Crippen molar-refractivity contribution in [2.45, 2.75) is 12.0 Å². The number of rotatable bonds is 9. The number of methoxy groups -OCH3 is 1. The van der Waals surface area contributed by atoms with Gasteiger partial charge in [-0.25, -0.2) is 4.79 Å². The van der Waals surface area contributed by atoms with Crippen LogP contribution in [0.3, 0.4) is 0 Å². The summed E-state index contributed by atoms with van der Waals surface area (Å²) in [6.45, 7) is 1.01. The standard InChI is InChI=1S/C16H25N3O4.Li/c1-18(2)9-10-19(3)16(14(17)20,15(21)22)11-12-5-7-13(23-4)8-6-12;/h5-8H,9-11H2,1-4H3,(H2,17,20)(H,21,22);/t16-;/m1./s1. The van der Waals surface area contributed by atoms with Crippen LogP contribution in [0.1, 0.15) is 5.56 Å². The van der Waals surface area contributed by atoms with E-state index in [1.54, 1.807) is 38.4 Å². The predicted molar refractivity (Wildman–Crippen MR) is 93.2 cm³/mol. The van der Waals surface area contributed by atoms with Crippen molar-refractivity contribution < 1.29 is 19.4 Å². The fourth-order valence-corrected chi connectivity index (χ4v) is 2.33. The Morgan fingerprint density at radius 2 is 1.71 bits per heavy atom. The van der Waals surface area contributed by atoms with Crippen LogP contribution in [0.5, 0.6) is 5.75 Å². The molecule has 1 aromatic carbocycles. The molecule has 0 saturated heterocycles. The summed E-state index contributed by atoms with van der Waals surface area (Å²) in [4.78, 5) is 27.3. The molecule has 1 aromatic rings. The van der Waals surface area contributed by atoms with Crippen LogP contribution in [0.15, 0.2) is 24.3 Å². The first-order valence-electron chi connectivity index (χ1n) is 7.26. The molecule has 0 heterocycles. The Balaban J connectivity index is 0.00000529. The van der Waals surface area contributed by atoms with Gasteiger partial charge < -0.3 is 20.5 Å². The third-order valence-corrected chi connectivity index (χ3v) is 3.91. The molecule has 8 heteroatoms. The molecule has 129 valence electrons. The van der Waals surface area contributed by atoms with Crippen molar-refractivity contribution >= 4 is 30.7 Å². The maximum atomic E-state index is 12.0. The average molecular weight is 330 g/mol. The van der Waals surface area contributed by atoms with Gasteiger partial charge in [-0.15, -0.1) is 0 Å². The number of amides is 1. The number of primary amides is 1.